The smallest absolute Gasteiger partial charge is 0.243 e. The molecule has 0 atom stereocenters. The van der Waals surface area contributed by atoms with Gasteiger partial charge in [-0.15, -0.1) is 0 Å². The molecular weight excluding hydrogens is 431 g/mol. The van der Waals surface area contributed by atoms with Crippen molar-refractivity contribution in [3.05, 3.63) is 65.0 Å². The molecule has 32 heavy (non-hydrogen) atoms. The first-order valence-electron chi connectivity index (χ1n) is 10.9. The van der Waals surface area contributed by atoms with E-state index in [0.29, 0.717) is 44.0 Å². The minimum Gasteiger partial charge on any atom is -0.381 e. The Labute approximate surface area is 189 Å². The first kappa shape index (κ1) is 22.9. The fraction of sp³-hybridized carbons (Fsp3) is 0.458. The number of amides is 1. The number of benzene rings is 2. The van der Waals surface area contributed by atoms with Crippen LogP contribution in [0.25, 0.3) is 0 Å². The number of halogens is 1. The maximum Gasteiger partial charge on any atom is 0.243 e. The fourth-order valence-electron chi connectivity index (χ4n) is 4.78. The molecule has 6 nitrogen and oxygen atoms in total. The zero-order valence-corrected chi connectivity index (χ0v) is 19.3. The van der Waals surface area contributed by atoms with E-state index in [1.165, 1.54) is 16.4 Å². The van der Waals surface area contributed by atoms with Gasteiger partial charge in [-0.3, -0.25) is 4.79 Å². The minimum absolute atomic E-state index is 0.0315. The summed E-state index contributed by atoms with van der Waals surface area (Å²) in [7, 11) is -3.62. The van der Waals surface area contributed by atoms with Crippen LogP contribution in [0.3, 0.4) is 0 Å². The van der Waals surface area contributed by atoms with Crippen molar-refractivity contribution >= 4 is 15.9 Å². The molecule has 0 saturated carbocycles. The molecule has 0 radical (unpaired) electrons. The monoisotopic (exact) mass is 460 g/mol. The summed E-state index contributed by atoms with van der Waals surface area (Å²) in [5, 5.41) is 0. The van der Waals surface area contributed by atoms with E-state index in [9.17, 15) is 17.6 Å². The second kappa shape index (κ2) is 8.92. The first-order chi connectivity index (χ1) is 15.2. The molecule has 0 aliphatic carbocycles. The van der Waals surface area contributed by atoms with Gasteiger partial charge in [-0.2, -0.15) is 4.31 Å². The molecule has 2 aliphatic rings. The summed E-state index contributed by atoms with van der Waals surface area (Å²) in [4.78, 5) is 15.8. The standard InChI is InChI=1S/C24H29FN2O4S/c1-18-3-8-22(19(2)17-18)32(29,30)27-13-11-26(12-14-27)23(28)24(9-15-31-16-10-24)20-4-6-21(25)7-5-20/h3-8,17H,9-16H2,1-2H3. The van der Waals surface area contributed by atoms with Crippen LogP contribution in [0.5, 0.6) is 0 Å². The van der Waals surface area contributed by atoms with E-state index in [-0.39, 0.29) is 24.8 Å². The number of hydrogen-bond donors (Lipinski definition) is 0. The lowest BCUT2D eigenvalue weighted by atomic mass is 9.73. The van der Waals surface area contributed by atoms with Crippen molar-refractivity contribution in [1.82, 2.24) is 9.21 Å². The highest BCUT2D eigenvalue weighted by atomic mass is 32.2. The summed E-state index contributed by atoms with van der Waals surface area (Å²) < 4.78 is 46.8. The van der Waals surface area contributed by atoms with Gasteiger partial charge in [0.15, 0.2) is 0 Å². The van der Waals surface area contributed by atoms with Crippen LogP contribution in [0.15, 0.2) is 47.4 Å². The normalized spacial score (nSPS) is 19.7. The Balaban J connectivity index is 1.52. The van der Waals surface area contributed by atoms with E-state index in [4.69, 9.17) is 4.74 Å². The summed E-state index contributed by atoms with van der Waals surface area (Å²) in [5.74, 6) is -0.371. The maximum absolute atomic E-state index is 13.7. The van der Waals surface area contributed by atoms with Crippen molar-refractivity contribution in [2.45, 2.75) is 37.0 Å². The Hall–Kier alpha value is -2.29. The van der Waals surface area contributed by atoms with Gasteiger partial charge in [0.2, 0.25) is 15.9 Å². The molecule has 2 aromatic carbocycles. The number of nitrogens with zero attached hydrogens (tertiary/aromatic N) is 2. The van der Waals surface area contributed by atoms with Crippen LogP contribution in [0.1, 0.15) is 29.5 Å². The van der Waals surface area contributed by atoms with E-state index in [1.807, 2.05) is 13.0 Å². The van der Waals surface area contributed by atoms with Crippen molar-refractivity contribution in [2.75, 3.05) is 39.4 Å². The Bertz CT molecular complexity index is 1090. The molecule has 2 saturated heterocycles. The summed E-state index contributed by atoms with van der Waals surface area (Å²) in [6, 6.07) is 11.5. The molecule has 2 fully saturated rings. The molecule has 2 aromatic rings. The molecule has 0 unspecified atom stereocenters. The number of aryl methyl sites for hydroxylation is 2. The zero-order valence-electron chi connectivity index (χ0n) is 18.5. The third kappa shape index (κ3) is 4.19. The van der Waals surface area contributed by atoms with Crippen LogP contribution in [0.2, 0.25) is 0 Å². The Morgan fingerprint density at radius 2 is 1.59 bits per heavy atom. The molecule has 0 aromatic heterocycles. The third-order valence-corrected chi connectivity index (χ3v) is 8.69. The number of rotatable bonds is 4. The van der Waals surface area contributed by atoms with E-state index >= 15 is 0 Å². The van der Waals surface area contributed by atoms with Gasteiger partial charge in [-0.1, -0.05) is 29.8 Å². The molecule has 4 rings (SSSR count). The number of carbonyl (C=O) groups is 1. The van der Waals surface area contributed by atoms with Crippen LogP contribution in [-0.4, -0.2) is 62.9 Å². The van der Waals surface area contributed by atoms with Gasteiger partial charge in [-0.25, -0.2) is 12.8 Å². The number of carbonyl (C=O) groups excluding carboxylic acids is 1. The Morgan fingerprint density at radius 3 is 2.19 bits per heavy atom. The van der Waals surface area contributed by atoms with E-state index < -0.39 is 15.4 Å². The van der Waals surface area contributed by atoms with Crippen LogP contribution in [0, 0.1) is 19.7 Å². The van der Waals surface area contributed by atoms with Gasteiger partial charge in [0.25, 0.3) is 0 Å². The molecule has 0 spiro atoms. The number of piperazine rings is 1. The summed E-state index contributed by atoms with van der Waals surface area (Å²) >= 11 is 0. The zero-order chi connectivity index (χ0) is 22.9. The predicted molar refractivity (Wildman–Crippen MR) is 119 cm³/mol. The lowest BCUT2D eigenvalue weighted by molar-refractivity contribution is -0.142. The highest BCUT2D eigenvalue weighted by molar-refractivity contribution is 7.89. The molecule has 2 aliphatic heterocycles. The fourth-order valence-corrected chi connectivity index (χ4v) is 6.40. The average Bonchev–Trinajstić information content (AvgIpc) is 2.79. The SMILES string of the molecule is Cc1ccc(S(=O)(=O)N2CCN(C(=O)C3(c4ccc(F)cc4)CCOCC3)CC2)c(C)c1. The molecule has 8 heteroatoms. The first-order valence-corrected chi connectivity index (χ1v) is 12.4. The predicted octanol–water partition coefficient (Wildman–Crippen LogP) is 3.02. The third-order valence-electron chi connectivity index (χ3n) is 6.63. The maximum atomic E-state index is 13.7. The second-order valence-corrected chi connectivity index (χ2v) is 10.6. The van der Waals surface area contributed by atoms with E-state index in [2.05, 4.69) is 0 Å². The lowest BCUT2D eigenvalue weighted by Crippen LogP contribution is -2.56. The average molecular weight is 461 g/mol. The van der Waals surface area contributed by atoms with Crippen molar-refractivity contribution in [3.8, 4) is 0 Å². The minimum atomic E-state index is -3.62. The van der Waals surface area contributed by atoms with E-state index in [0.717, 1.165) is 16.7 Å². The molecule has 172 valence electrons. The molecule has 0 N–H and O–H groups in total. The van der Waals surface area contributed by atoms with Crippen LogP contribution in [-0.2, 0) is 25.0 Å². The summed E-state index contributed by atoms with van der Waals surface area (Å²) in [6.07, 6.45) is 1.05. The largest absolute Gasteiger partial charge is 0.381 e. The molecule has 0 bridgehead atoms. The summed E-state index contributed by atoms with van der Waals surface area (Å²) in [5.41, 5.74) is 1.76. The summed E-state index contributed by atoms with van der Waals surface area (Å²) in [6.45, 7) is 5.81. The van der Waals surface area contributed by atoms with Crippen molar-refractivity contribution in [1.29, 1.82) is 0 Å². The number of ether oxygens (including phenoxy) is 1. The highest BCUT2D eigenvalue weighted by Crippen LogP contribution is 2.37. The van der Waals surface area contributed by atoms with Crippen molar-refractivity contribution < 1.29 is 22.3 Å². The van der Waals surface area contributed by atoms with Crippen LogP contribution in [0.4, 0.5) is 4.39 Å². The van der Waals surface area contributed by atoms with Gasteiger partial charge < -0.3 is 9.64 Å². The molecular formula is C24H29FN2O4S. The van der Waals surface area contributed by atoms with Gasteiger partial charge in [0.1, 0.15) is 5.82 Å². The second-order valence-electron chi connectivity index (χ2n) is 8.67. The van der Waals surface area contributed by atoms with Gasteiger partial charge in [0.05, 0.1) is 10.3 Å². The van der Waals surface area contributed by atoms with Crippen molar-refractivity contribution in [2.24, 2.45) is 0 Å². The number of hydrogen-bond acceptors (Lipinski definition) is 4. The molecule has 1 amide bonds. The Morgan fingerprint density at radius 1 is 0.969 bits per heavy atom. The van der Waals surface area contributed by atoms with E-state index in [1.54, 1.807) is 36.1 Å². The van der Waals surface area contributed by atoms with Gasteiger partial charge in [0, 0.05) is 39.4 Å². The quantitative estimate of drug-likeness (QED) is 0.704. The Kier molecular flexibility index (Phi) is 6.38. The number of sulfonamides is 1. The van der Waals surface area contributed by atoms with Crippen LogP contribution < -0.4 is 0 Å². The van der Waals surface area contributed by atoms with Gasteiger partial charge >= 0.3 is 0 Å². The highest BCUT2D eigenvalue weighted by Gasteiger charge is 2.45. The van der Waals surface area contributed by atoms with Crippen LogP contribution >= 0.6 is 0 Å². The molecule has 2 heterocycles. The topological polar surface area (TPSA) is 66.9 Å². The lowest BCUT2D eigenvalue weighted by Gasteiger charge is -2.42. The van der Waals surface area contributed by atoms with Gasteiger partial charge in [-0.05, 0) is 56.0 Å². The van der Waals surface area contributed by atoms with Crippen molar-refractivity contribution in [3.63, 3.8) is 0 Å².